The Balaban J connectivity index is 2.20. The van der Waals surface area contributed by atoms with Crippen molar-refractivity contribution < 1.29 is 9.53 Å². The first-order valence-corrected chi connectivity index (χ1v) is 8.05. The lowest BCUT2D eigenvalue weighted by Crippen LogP contribution is -2.21. The standard InChI is InChI=1S/C18H24N4O2/c1-5-6-10-22(3)18-19-13(2)11-16(21-18)20-15-9-7-8-14(12-15)17(23)24-4/h7-9,11-12H,5-6,10H2,1-4H3,(H,19,20,21). The van der Waals surface area contributed by atoms with Gasteiger partial charge in [0.15, 0.2) is 0 Å². The number of carbonyl (C=O) groups is 1. The summed E-state index contributed by atoms with van der Waals surface area (Å²) < 4.78 is 4.75. The fraction of sp³-hybridized carbons (Fsp3) is 0.389. The Kier molecular flexibility index (Phi) is 6.12. The van der Waals surface area contributed by atoms with Crippen LogP contribution in [-0.4, -0.2) is 36.6 Å². The Bertz CT molecular complexity index is 703. The third-order valence-corrected chi connectivity index (χ3v) is 3.59. The maximum Gasteiger partial charge on any atom is 0.337 e. The maximum absolute atomic E-state index is 11.6. The highest BCUT2D eigenvalue weighted by Gasteiger charge is 2.09. The van der Waals surface area contributed by atoms with E-state index in [1.807, 2.05) is 31.0 Å². The van der Waals surface area contributed by atoms with E-state index < -0.39 is 0 Å². The maximum atomic E-state index is 11.6. The number of anilines is 3. The number of aromatic nitrogens is 2. The van der Waals surface area contributed by atoms with Crippen LogP contribution in [0.1, 0.15) is 35.8 Å². The molecule has 0 aliphatic rings. The fourth-order valence-corrected chi connectivity index (χ4v) is 2.27. The van der Waals surface area contributed by atoms with E-state index >= 15 is 0 Å². The quantitative estimate of drug-likeness (QED) is 0.784. The predicted molar refractivity (Wildman–Crippen MR) is 96.0 cm³/mol. The minimum absolute atomic E-state index is 0.363. The van der Waals surface area contributed by atoms with Crippen molar-refractivity contribution in [3.8, 4) is 0 Å². The molecular weight excluding hydrogens is 304 g/mol. The molecule has 0 saturated carbocycles. The Morgan fingerprint density at radius 1 is 1.29 bits per heavy atom. The summed E-state index contributed by atoms with van der Waals surface area (Å²) in [6, 6.07) is 9.01. The van der Waals surface area contributed by atoms with Crippen LogP contribution in [0.4, 0.5) is 17.5 Å². The van der Waals surface area contributed by atoms with Gasteiger partial charge in [-0.2, -0.15) is 4.98 Å². The highest BCUT2D eigenvalue weighted by molar-refractivity contribution is 5.90. The van der Waals surface area contributed by atoms with Crippen molar-refractivity contribution in [1.82, 2.24) is 9.97 Å². The van der Waals surface area contributed by atoms with Crippen molar-refractivity contribution in [2.45, 2.75) is 26.7 Å². The van der Waals surface area contributed by atoms with Crippen molar-refractivity contribution in [1.29, 1.82) is 0 Å². The lowest BCUT2D eigenvalue weighted by atomic mass is 10.2. The zero-order valence-corrected chi connectivity index (χ0v) is 14.7. The molecule has 1 heterocycles. The van der Waals surface area contributed by atoms with Crippen LogP contribution in [0, 0.1) is 6.92 Å². The predicted octanol–water partition coefficient (Wildman–Crippen LogP) is 3.55. The Morgan fingerprint density at radius 3 is 2.79 bits per heavy atom. The number of rotatable bonds is 7. The van der Waals surface area contributed by atoms with E-state index in [2.05, 4.69) is 22.2 Å². The van der Waals surface area contributed by atoms with Gasteiger partial charge in [0, 0.05) is 31.0 Å². The van der Waals surface area contributed by atoms with Gasteiger partial charge in [-0.05, 0) is 31.5 Å². The first kappa shape index (κ1) is 17.7. The molecule has 24 heavy (non-hydrogen) atoms. The molecule has 0 aliphatic carbocycles. The molecule has 128 valence electrons. The first-order chi connectivity index (χ1) is 11.5. The summed E-state index contributed by atoms with van der Waals surface area (Å²) in [6.45, 7) is 5.01. The molecular formula is C18H24N4O2. The SMILES string of the molecule is CCCCN(C)c1nc(C)cc(Nc2cccc(C(=O)OC)c2)n1. The Labute approximate surface area is 142 Å². The molecule has 2 rings (SSSR count). The van der Waals surface area contributed by atoms with E-state index in [1.165, 1.54) is 7.11 Å². The highest BCUT2D eigenvalue weighted by atomic mass is 16.5. The molecule has 0 radical (unpaired) electrons. The average Bonchev–Trinajstić information content (AvgIpc) is 2.58. The van der Waals surface area contributed by atoms with Gasteiger partial charge in [0.2, 0.25) is 5.95 Å². The number of carbonyl (C=O) groups excluding carboxylic acids is 1. The van der Waals surface area contributed by atoms with E-state index in [1.54, 1.807) is 18.2 Å². The number of hydrogen-bond donors (Lipinski definition) is 1. The van der Waals surface area contributed by atoms with Crippen LogP contribution in [-0.2, 0) is 4.74 Å². The Morgan fingerprint density at radius 2 is 2.08 bits per heavy atom. The number of methoxy groups -OCH3 is 1. The van der Waals surface area contributed by atoms with Gasteiger partial charge >= 0.3 is 5.97 Å². The monoisotopic (exact) mass is 328 g/mol. The Hall–Kier alpha value is -2.63. The van der Waals surface area contributed by atoms with E-state index in [0.29, 0.717) is 17.3 Å². The van der Waals surface area contributed by atoms with Crippen molar-refractivity contribution in [2.75, 3.05) is 30.9 Å². The molecule has 0 atom stereocenters. The summed E-state index contributed by atoms with van der Waals surface area (Å²) in [4.78, 5) is 22.7. The highest BCUT2D eigenvalue weighted by Crippen LogP contribution is 2.19. The molecule has 0 fully saturated rings. The van der Waals surface area contributed by atoms with Gasteiger partial charge in [0.25, 0.3) is 0 Å². The van der Waals surface area contributed by atoms with Crippen molar-refractivity contribution >= 4 is 23.4 Å². The van der Waals surface area contributed by atoms with Gasteiger partial charge in [0.1, 0.15) is 5.82 Å². The largest absolute Gasteiger partial charge is 0.465 e. The average molecular weight is 328 g/mol. The molecule has 0 spiro atoms. The van der Waals surface area contributed by atoms with Crippen LogP contribution >= 0.6 is 0 Å². The minimum Gasteiger partial charge on any atom is -0.465 e. The molecule has 0 unspecified atom stereocenters. The van der Waals surface area contributed by atoms with E-state index in [0.717, 1.165) is 30.8 Å². The van der Waals surface area contributed by atoms with Gasteiger partial charge < -0.3 is 15.0 Å². The van der Waals surface area contributed by atoms with Crippen molar-refractivity contribution in [2.24, 2.45) is 0 Å². The van der Waals surface area contributed by atoms with Crippen LogP contribution in [0.2, 0.25) is 0 Å². The third-order valence-electron chi connectivity index (χ3n) is 3.59. The molecule has 0 amide bonds. The number of benzene rings is 1. The summed E-state index contributed by atoms with van der Waals surface area (Å²) in [5, 5.41) is 3.23. The molecule has 1 aromatic carbocycles. The van der Waals surface area contributed by atoms with Gasteiger partial charge in [-0.15, -0.1) is 0 Å². The topological polar surface area (TPSA) is 67.4 Å². The molecule has 0 saturated heterocycles. The van der Waals surface area contributed by atoms with Crippen LogP contribution in [0.3, 0.4) is 0 Å². The molecule has 6 nitrogen and oxygen atoms in total. The van der Waals surface area contributed by atoms with E-state index in [9.17, 15) is 4.79 Å². The lowest BCUT2D eigenvalue weighted by molar-refractivity contribution is 0.0601. The molecule has 0 aliphatic heterocycles. The van der Waals surface area contributed by atoms with E-state index in [4.69, 9.17) is 4.74 Å². The van der Waals surface area contributed by atoms with Gasteiger partial charge in [0.05, 0.1) is 12.7 Å². The zero-order valence-electron chi connectivity index (χ0n) is 14.7. The number of ether oxygens (including phenoxy) is 1. The number of hydrogen-bond acceptors (Lipinski definition) is 6. The first-order valence-electron chi connectivity index (χ1n) is 8.05. The van der Waals surface area contributed by atoms with E-state index in [-0.39, 0.29) is 5.97 Å². The van der Waals surface area contributed by atoms with Crippen molar-refractivity contribution in [3.63, 3.8) is 0 Å². The summed E-state index contributed by atoms with van der Waals surface area (Å²) >= 11 is 0. The fourth-order valence-electron chi connectivity index (χ4n) is 2.27. The summed E-state index contributed by atoms with van der Waals surface area (Å²) in [5.74, 6) is 1.02. The number of unbranched alkanes of at least 4 members (excludes halogenated alkanes) is 1. The van der Waals surface area contributed by atoms with Gasteiger partial charge in [-0.1, -0.05) is 19.4 Å². The molecule has 0 bridgehead atoms. The zero-order chi connectivity index (χ0) is 17.5. The third kappa shape index (κ3) is 4.68. The number of esters is 1. The molecule has 1 aromatic heterocycles. The van der Waals surface area contributed by atoms with Crippen LogP contribution in [0.5, 0.6) is 0 Å². The lowest BCUT2D eigenvalue weighted by Gasteiger charge is -2.18. The van der Waals surface area contributed by atoms with Crippen LogP contribution in [0.25, 0.3) is 0 Å². The summed E-state index contributed by atoms with van der Waals surface area (Å²) in [7, 11) is 3.36. The van der Waals surface area contributed by atoms with Gasteiger partial charge in [-0.3, -0.25) is 0 Å². The molecule has 1 N–H and O–H groups in total. The smallest absolute Gasteiger partial charge is 0.337 e. The number of nitrogens with zero attached hydrogens (tertiary/aromatic N) is 3. The second-order valence-corrected chi connectivity index (χ2v) is 5.67. The van der Waals surface area contributed by atoms with Crippen molar-refractivity contribution in [3.05, 3.63) is 41.6 Å². The molecule has 2 aromatic rings. The van der Waals surface area contributed by atoms with Crippen LogP contribution in [0.15, 0.2) is 30.3 Å². The minimum atomic E-state index is -0.363. The summed E-state index contributed by atoms with van der Waals surface area (Å²) in [6.07, 6.45) is 2.22. The second-order valence-electron chi connectivity index (χ2n) is 5.67. The normalized spacial score (nSPS) is 10.3. The van der Waals surface area contributed by atoms with Gasteiger partial charge in [-0.25, -0.2) is 9.78 Å². The summed E-state index contributed by atoms with van der Waals surface area (Å²) in [5.41, 5.74) is 2.15. The number of nitrogens with one attached hydrogen (secondary N) is 1. The molecule has 6 heteroatoms. The van der Waals surface area contributed by atoms with Crippen LogP contribution < -0.4 is 10.2 Å². The second kappa shape index (κ2) is 8.29. The number of aryl methyl sites for hydroxylation is 1.